The Bertz CT molecular complexity index is 1130. The monoisotopic (exact) mass is 495 g/mol. The van der Waals surface area contributed by atoms with Crippen LogP contribution in [0.2, 0.25) is 0 Å². The molecule has 0 atom stereocenters. The van der Waals surface area contributed by atoms with Crippen molar-refractivity contribution in [2.24, 2.45) is 5.73 Å². The molecular formula is C28H31F2N3O3. The Morgan fingerprint density at radius 1 is 0.972 bits per heavy atom. The largest absolute Gasteiger partial charge is 0.486 e. The van der Waals surface area contributed by atoms with E-state index in [1.807, 2.05) is 6.07 Å². The molecule has 36 heavy (non-hydrogen) atoms. The molecule has 1 amide bonds. The van der Waals surface area contributed by atoms with Gasteiger partial charge in [-0.2, -0.15) is 8.78 Å². The van der Waals surface area contributed by atoms with E-state index in [-0.39, 0.29) is 0 Å². The maximum absolute atomic E-state index is 13.3. The fourth-order valence-electron chi connectivity index (χ4n) is 4.28. The molecule has 6 nitrogen and oxygen atoms in total. The van der Waals surface area contributed by atoms with Crippen molar-refractivity contribution in [3.8, 4) is 22.8 Å². The molecule has 3 heterocycles. The normalized spacial score (nSPS) is 15.2. The Hall–Kier alpha value is -3.52. The van der Waals surface area contributed by atoms with Gasteiger partial charge in [-0.05, 0) is 75.1 Å². The molecule has 0 saturated carbocycles. The van der Waals surface area contributed by atoms with Crippen LogP contribution in [0.15, 0.2) is 66.9 Å². The number of amides is 1. The van der Waals surface area contributed by atoms with E-state index in [1.165, 1.54) is 68.7 Å². The lowest BCUT2D eigenvalue weighted by Gasteiger charge is -2.19. The van der Waals surface area contributed by atoms with Gasteiger partial charge in [0.25, 0.3) is 5.91 Å². The topological polar surface area (TPSA) is 77.7 Å². The van der Waals surface area contributed by atoms with Gasteiger partial charge in [0.1, 0.15) is 13.2 Å². The Labute approximate surface area is 210 Å². The van der Waals surface area contributed by atoms with Crippen molar-refractivity contribution in [1.82, 2.24) is 9.88 Å². The minimum absolute atomic E-state index is 0.422. The molecule has 0 spiro atoms. The van der Waals surface area contributed by atoms with Gasteiger partial charge < -0.3 is 20.1 Å². The number of alkyl halides is 2. The van der Waals surface area contributed by atoms with Crippen LogP contribution in [0, 0.1) is 0 Å². The Morgan fingerprint density at radius 2 is 1.69 bits per heavy atom. The third kappa shape index (κ3) is 6.57. The minimum Gasteiger partial charge on any atom is -0.486 e. The van der Waals surface area contributed by atoms with Gasteiger partial charge in [0, 0.05) is 17.3 Å². The van der Waals surface area contributed by atoms with Crippen LogP contribution in [-0.4, -0.2) is 48.6 Å². The number of primary amides is 1. The average Bonchev–Trinajstić information content (AvgIpc) is 3.43. The average molecular weight is 496 g/mol. The molecule has 1 fully saturated rings. The zero-order valence-electron chi connectivity index (χ0n) is 20.2. The number of aryl methyl sites for hydroxylation is 1. The molecule has 2 aromatic carbocycles. The van der Waals surface area contributed by atoms with E-state index in [1.54, 1.807) is 24.4 Å². The summed E-state index contributed by atoms with van der Waals surface area (Å²) >= 11 is 0. The molecule has 2 aliphatic heterocycles. The second-order valence-corrected chi connectivity index (χ2v) is 8.86. The van der Waals surface area contributed by atoms with Crippen LogP contribution in [0.1, 0.15) is 30.4 Å². The highest BCUT2D eigenvalue weighted by Crippen LogP contribution is 2.31. The first-order valence-electron chi connectivity index (χ1n) is 12.2. The summed E-state index contributed by atoms with van der Waals surface area (Å²) in [5.41, 5.74) is 6.95. The zero-order valence-corrected chi connectivity index (χ0v) is 20.2. The fourth-order valence-corrected chi connectivity index (χ4v) is 4.28. The van der Waals surface area contributed by atoms with Crippen LogP contribution in [0.4, 0.5) is 8.78 Å². The van der Waals surface area contributed by atoms with Crippen LogP contribution in [0.25, 0.3) is 11.3 Å². The number of carbonyl (C=O) groups excluding carboxylic acids is 1. The number of aromatic nitrogens is 1. The van der Waals surface area contributed by atoms with Crippen molar-refractivity contribution in [2.45, 2.75) is 31.6 Å². The van der Waals surface area contributed by atoms with Crippen molar-refractivity contribution in [1.29, 1.82) is 0 Å². The summed E-state index contributed by atoms with van der Waals surface area (Å²) < 4.78 is 37.8. The van der Waals surface area contributed by atoms with Gasteiger partial charge in [0.05, 0.1) is 5.69 Å². The molecule has 0 unspecified atom stereocenters. The first kappa shape index (κ1) is 25.6. The second kappa shape index (κ2) is 11.9. The molecule has 0 aliphatic carbocycles. The minimum atomic E-state index is -3.65. The zero-order chi connectivity index (χ0) is 25.4. The number of benzene rings is 2. The third-order valence-electron chi connectivity index (χ3n) is 6.26. The lowest BCUT2D eigenvalue weighted by Crippen LogP contribution is -2.32. The molecule has 1 aromatic heterocycles. The molecule has 5 rings (SSSR count). The number of carbonyl (C=O) groups is 1. The standard InChI is InChI=1S/C15H21NO2.C13H10F2N2O/c1-2-8-16(7-1)9-3-4-13-5-6-14-15(12-13)18-11-10-17-14;14-13(15,12(16)18)10-6-4-9(5-7-10)11-3-1-2-8-17-11/h5-6,12H,1-4,7-11H2;1-8H,(H2,16,18). The number of nitrogens with two attached hydrogens (primary N) is 1. The Morgan fingerprint density at radius 3 is 2.36 bits per heavy atom. The summed E-state index contributed by atoms with van der Waals surface area (Å²) in [5.74, 6) is -3.50. The summed E-state index contributed by atoms with van der Waals surface area (Å²) in [6.45, 7) is 5.16. The van der Waals surface area contributed by atoms with Crippen LogP contribution in [-0.2, 0) is 17.1 Å². The van der Waals surface area contributed by atoms with Crippen molar-refractivity contribution in [3.05, 3.63) is 78.0 Å². The molecule has 0 bridgehead atoms. The van der Waals surface area contributed by atoms with Gasteiger partial charge in [-0.15, -0.1) is 0 Å². The van der Waals surface area contributed by atoms with E-state index in [0.717, 1.165) is 17.9 Å². The summed E-state index contributed by atoms with van der Waals surface area (Å²) in [7, 11) is 0. The van der Waals surface area contributed by atoms with Crippen molar-refractivity contribution in [2.75, 3.05) is 32.8 Å². The number of rotatable bonds is 7. The molecule has 2 N–H and O–H groups in total. The van der Waals surface area contributed by atoms with E-state index in [0.29, 0.717) is 24.5 Å². The lowest BCUT2D eigenvalue weighted by molar-refractivity contribution is -0.143. The predicted molar refractivity (Wildman–Crippen MR) is 134 cm³/mol. The SMILES string of the molecule is NC(=O)C(F)(F)c1ccc(-c2ccccn2)cc1.c1cc2c(cc1CCCN1CCCC1)OCCO2. The summed E-state index contributed by atoms with van der Waals surface area (Å²) in [4.78, 5) is 17.3. The number of hydrogen-bond acceptors (Lipinski definition) is 5. The third-order valence-corrected chi connectivity index (χ3v) is 6.26. The van der Waals surface area contributed by atoms with Gasteiger partial charge in [-0.3, -0.25) is 9.78 Å². The van der Waals surface area contributed by atoms with Gasteiger partial charge >= 0.3 is 5.92 Å². The Kier molecular flexibility index (Phi) is 8.48. The number of ether oxygens (including phenoxy) is 2. The second-order valence-electron chi connectivity index (χ2n) is 8.86. The molecule has 0 radical (unpaired) electrons. The van der Waals surface area contributed by atoms with E-state index in [4.69, 9.17) is 9.47 Å². The van der Waals surface area contributed by atoms with Gasteiger partial charge in [-0.1, -0.05) is 36.4 Å². The van der Waals surface area contributed by atoms with Crippen molar-refractivity contribution in [3.63, 3.8) is 0 Å². The highest BCUT2D eigenvalue weighted by molar-refractivity contribution is 5.83. The predicted octanol–water partition coefficient (Wildman–Crippen LogP) is 4.81. The number of pyridine rings is 1. The molecule has 2 aliphatic rings. The number of halogens is 2. The van der Waals surface area contributed by atoms with Crippen LogP contribution >= 0.6 is 0 Å². The first-order valence-corrected chi connectivity index (χ1v) is 12.2. The van der Waals surface area contributed by atoms with E-state index < -0.39 is 17.4 Å². The van der Waals surface area contributed by atoms with Crippen LogP contribution in [0.3, 0.4) is 0 Å². The number of fused-ring (bicyclic) bond motifs is 1. The quantitative estimate of drug-likeness (QED) is 0.509. The summed E-state index contributed by atoms with van der Waals surface area (Å²) in [6, 6.07) is 17.0. The number of likely N-dealkylation sites (tertiary alicyclic amines) is 1. The van der Waals surface area contributed by atoms with Gasteiger partial charge in [0.2, 0.25) is 0 Å². The highest BCUT2D eigenvalue weighted by atomic mass is 19.3. The van der Waals surface area contributed by atoms with Crippen molar-refractivity contribution >= 4 is 5.91 Å². The van der Waals surface area contributed by atoms with Crippen molar-refractivity contribution < 1.29 is 23.0 Å². The van der Waals surface area contributed by atoms with Crippen LogP contribution in [0.5, 0.6) is 11.5 Å². The van der Waals surface area contributed by atoms with Gasteiger partial charge in [-0.25, -0.2) is 0 Å². The molecule has 3 aromatic rings. The maximum Gasteiger partial charge on any atom is 0.349 e. The smallest absolute Gasteiger partial charge is 0.349 e. The van der Waals surface area contributed by atoms with E-state index >= 15 is 0 Å². The lowest BCUT2D eigenvalue weighted by atomic mass is 10.0. The fraction of sp³-hybridized carbons (Fsp3) is 0.357. The summed E-state index contributed by atoms with van der Waals surface area (Å²) in [5, 5.41) is 0. The number of nitrogens with zero attached hydrogens (tertiary/aromatic N) is 2. The van der Waals surface area contributed by atoms with E-state index in [2.05, 4.69) is 27.8 Å². The molecule has 8 heteroatoms. The number of hydrogen-bond donors (Lipinski definition) is 1. The molecule has 190 valence electrons. The van der Waals surface area contributed by atoms with E-state index in [9.17, 15) is 13.6 Å². The highest BCUT2D eigenvalue weighted by Gasteiger charge is 2.38. The first-order chi connectivity index (χ1) is 17.4. The molecule has 1 saturated heterocycles. The Balaban J connectivity index is 0.000000169. The van der Waals surface area contributed by atoms with Crippen LogP contribution < -0.4 is 15.2 Å². The maximum atomic E-state index is 13.3. The molecular weight excluding hydrogens is 464 g/mol. The summed E-state index contributed by atoms with van der Waals surface area (Å²) in [6.07, 6.45) is 6.74. The van der Waals surface area contributed by atoms with Gasteiger partial charge in [0.15, 0.2) is 11.5 Å².